The van der Waals surface area contributed by atoms with E-state index in [9.17, 15) is 18.0 Å². The molecule has 1 saturated heterocycles. The van der Waals surface area contributed by atoms with E-state index in [2.05, 4.69) is 5.43 Å². The molecule has 130 valence electrons. The molecule has 0 spiro atoms. The Hall–Kier alpha value is -2.13. The second-order valence-corrected chi connectivity index (χ2v) is 7.91. The number of carboxylic acids is 1. The van der Waals surface area contributed by atoms with Gasteiger partial charge in [0, 0.05) is 13.1 Å². The van der Waals surface area contributed by atoms with Crippen LogP contribution in [0.25, 0.3) is 0 Å². The number of benzene rings is 1. The van der Waals surface area contributed by atoms with Gasteiger partial charge in [0.1, 0.15) is 0 Å². The molecule has 1 saturated carbocycles. The number of hydrogen-bond donors (Lipinski definition) is 3. The van der Waals surface area contributed by atoms with E-state index >= 15 is 0 Å². The van der Waals surface area contributed by atoms with Gasteiger partial charge >= 0.3 is 12.0 Å². The molecule has 1 aromatic rings. The van der Waals surface area contributed by atoms with E-state index in [1.807, 2.05) is 4.72 Å². The van der Waals surface area contributed by atoms with Crippen molar-refractivity contribution in [2.24, 2.45) is 11.8 Å². The molecular formula is C15H19N3O5S. The Bertz CT molecular complexity index is 735. The quantitative estimate of drug-likeness (QED) is 0.744. The molecule has 8 nitrogen and oxygen atoms in total. The van der Waals surface area contributed by atoms with Crippen molar-refractivity contribution in [2.75, 3.05) is 13.1 Å². The predicted octanol–water partition coefficient (Wildman–Crippen LogP) is 1.02. The third-order valence-corrected chi connectivity index (χ3v) is 5.97. The Morgan fingerprint density at radius 1 is 1.08 bits per heavy atom. The number of hydrogen-bond acceptors (Lipinski definition) is 5. The third kappa shape index (κ3) is 3.51. The van der Waals surface area contributed by atoms with E-state index in [-0.39, 0.29) is 10.5 Å². The van der Waals surface area contributed by atoms with E-state index in [1.54, 1.807) is 5.01 Å². The largest absolute Gasteiger partial charge is 0.478 e. The summed E-state index contributed by atoms with van der Waals surface area (Å²) in [4.78, 5) is 22.6. The van der Waals surface area contributed by atoms with Crippen LogP contribution in [-0.4, -0.2) is 43.6 Å². The maximum absolute atomic E-state index is 12.2. The highest BCUT2D eigenvalue weighted by atomic mass is 32.2. The smallest absolute Gasteiger partial charge is 0.343 e. The first-order chi connectivity index (χ1) is 11.3. The van der Waals surface area contributed by atoms with E-state index in [1.165, 1.54) is 18.6 Å². The van der Waals surface area contributed by atoms with Crippen LogP contribution in [0.15, 0.2) is 29.2 Å². The number of amides is 2. The molecule has 1 aliphatic carbocycles. The number of rotatable bonds is 4. The number of nitrogens with one attached hydrogen (secondary N) is 2. The summed E-state index contributed by atoms with van der Waals surface area (Å²) in [6, 6.07) is 3.85. The molecule has 2 atom stereocenters. The number of hydrazine groups is 1. The molecule has 3 N–H and O–H groups in total. The Morgan fingerprint density at radius 2 is 1.67 bits per heavy atom. The van der Waals surface area contributed by atoms with Crippen LogP contribution in [0.4, 0.5) is 4.79 Å². The molecule has 2 amide bonds. The summed E-state index contributed by atoms with van der Waals surface area (Å²) >= 11 is 0. The summed E-state index contributed by atoms with van der Waals surface area (Å²) in [6.07, 6.45) is 3.52. The van der Waals surface area contributed by atoms with Crippen molar-refractivity contribution in [1.29, 1.82) is 0 Å². The second kappa shape index (κ2) is 6.40. The van der Waals surface area contributed by atoms with Gasteiger partial charge in [0.05, 0.1) is 10.5 Å². The number of nitrogens with zero attached hydrogens (tertiary/aromatic N) is 1. The van der Waals surface area contributed by atoms with Crippen LogP contribution in [0, 0.1) is 11.8 Å². The van der Waals surface area contributed by atoms with Gasteiger partial charge in [0.15, 0.2) is 0 Å². The molecule has 0 aromatic heterocycles. The summed E-state index contributed by atoms with van der Waals surface area (Å²) in [6.45, 7) is 1.48. The van der Waals surface area contributed by atoms with Crippen molar-refractivity contribution in [2.45, 2.75) is 24.2 Å². The molecule has 0 radical (unpaired) electrons. The van der Waals surface area contributed by atoms with Gasteiger partial charge in [-0.05, 0) is 48.9 Å². The Labute approximate surface area is 139 Å². The van der Waals surface area contributed by atoms with E-state index in [4.69, 9.17) is 5.11 Å². The summed E-state index contributed by atoms with van der Waals surface area (Å²) in [5.41, 5.74) is 2.55. The molecule has 24 heavy (non-hydrogen) atoms. The van der Waals surface area contributed by atoms with Gasteiger partial charge in [-0.2, -0.15) is 0 Å². The molecule has 0 unspecified atom stereocenters. The minimum absolute atomic E-state index is 0.0259. The number of carboxylic acid groups (broad SMARTS) is 1. The molecule has 1 aliphatic heterocycles. The van der Waals surface area contributed by atoms with Gasteiger partial charge in [-0.3, -0.25) is 5.43 Å². The molecule has 9 heteroatoms. The zero-order valence-corrected chi connectivity index (χ0v) is 13.8. The van der Waals surface area contributed by atoms with Crippen LogP contribution in [0.1, 0.15) is 29.6 Å². The number of sulfonamides is 1. The minimum atomic E-state index is -4.04. The van der Waals surface area contributed by atoms with Crippen LogP contribution < -0.4 is 10.1 Å². The average molecular weight is 353 g/mol. The minimum Gasteiger partial charge on any atom is -0.478 e. The van der Waals surface area contributed by atoms with Crippen LogP contribution in [0.2, 0.25) is 0 Å². The number of carbonyl (C=O) groups is 2. The second-order valence-electron chi connectivity index (χ2n) is 6.23. The zero-order chi connectivity index (χ0) is 17.3. The molecule has 0 bridgehead atoms. The highest BCUT2D eigenvalue weighted by Gasteiger charge is 2.36. The maximum Gasteiger partial charge on any atom is 0.343 e. The predicted molar refractivity (Wildman–Crippen MR) is 84.7 cm³/mol. The first kappa shape index (κ1) is 16.7. The lowest BCUT2D eigenvalue weighted by Crippen LogP contribution is -2.48. The number of urea groups is 1. The third-order valence-electron chi connectivity index (χ3n) is 4.62. The first-order valence-corrected chi connectivity index (χ1v) is 9.25. The maximum atomic E-state index is 12.2. The highest BCUT2D eigenvalue weighted by molar-refractivity contribution is 7.90. The fraction of sp³-hybridized carbons (Fsp3) is 0.467. The molecule has 3 rings (SSSR count). The zero-order valence-electron chi connectivity index (χ0n) is 12.9. The van der Waals surface area contributed by atoms with Gasteiger partial charge < -0.3 is 5.11 Å². The van der Waals surface area contributed by atoms with Gasteiger partial charge in [-0.25, -0.2) is 27.7 Å². The van der Waals surface area contributed by atoms with Crippen molar-refractivity contribution in [3.05, 3.63) is 29.8 Å². The van der Waals surface area contributed by atoms with Crippen LogP contribution in [0.3, 0.4) is 0 Å². The summed E-state index contributed by atoms with van der Waals surface area (Å²) in [5, 5.41) is 10.6. The van der Waals surface area contributed by atoms with Gasteiger partial charge in [0.25, 0.3) is 10.0 Å². The summed E-state index contributed by atoms with van der Waals surface area (Å²) in [5.74, 6) is 0.000160. The van der Waals surface area contributed by atoms with Crippen LogP contribution in [0.5, 0.6) is 0 Å². The van der Waals surface area contributed by atoms with Gasteiger partial charge in [0.2, 0.25) is 0 Å². The lowest BCUT2D eigenvalue weighted by Gasteiger charge is -2.18. The van der Waals surface area contributed by atoms with Crippen molar-refractivity contribution in [3.63, 3.8) is 0 Å². The number of aromatic carboxylic acids is 1. The number of carbonyl (C=O) groups excluding carboxylic acids is 1. The van der Waals surface area contributed by atoms with Crippen molar-refractivity contribution in [3.8, 4) is 0 Å². The lowest BCUT2D eigenvalue weighted by molar-refractivity contribution is 0.0696. The van der Waals surface area contributed by atoms with Crippen molar-refractivity contribution >= 4 is 22.0 Å². The monoisotopic (exact) mass is 353 g/mol. The molecule has 2 fully saturated rings. The Balaban J connectivity index is 1.59. The molecule has 1 aromatic carbocycles. The van der Waals surface area contributed by atoms with Crippen LogP contribution >= 0.6 is 0 Å². The standard InChI is InChI=1S/C15H19N3O5S/c19-14(20)10-4-6-13(7-5-10)24(22,23)17-15(21)16-18-8-11-2-1-3-12(11)9-18/h4-7,11-12H,1-3,8-9H2,(H,19,20)(H2,16,17,21)/t11-,12-/m1/s1. The van der Waals surface area contributed by atoms with Gasteiger partial charge in [-0.15, -0.1) is 0 Å². The lowest BCUT2D eigenvalue weighted by atomic mass is 10.0. The summed E-state index contributed by atoms with van der Waals surface area (Å²) in [7, 11) is -4.04. The number of fused-ring (bicyclic) bond motifs is 1. The fourth-order valence-corrected chi connectivity index (χ4v) is 4.35. The van der Waals surface area contributed by atoms with E-state index in [0.29, 0.717) is 11.8 Å². The SMILES string of the molecule is O=C(NN1C[C@H]2CCC[C@@H]2C1)NS(=O)(=O)c1ccc(C(=O)O)cc1. The Kier molecular flexibility index (Phi) is 4.46. The topological polar surface area (TPSA) is 116 Å². The summed E-state index contributed by atoms with van der Waals surface area (Å²) < 4.78 is 26.3. The first-order valence-electron chi connectivity index (χ1n) is 7.77. The van der Waals surface area contributed by atoms with Crippen molar-refractivity contribution in [1.82, 2.24) is 15.2 Å². The van der Waals surface area contributed by atoms with Crippen LogP contribution in [-0.2, 0) is 10.0 Å². The van der Waals surface area contributed by atoms with E-state index < -0.39 is 22.0 Å². The van der Waals surface area contributed by atoms with Crippen molar-refractivity contribution < 1.29 is 23.1 Å². The Morgan fingerprint density at radius 3 is 2.21 bits per heavy atom. The highest BCUT2D eigenvalue weighted by Crippen LogP contribution is 2.36. The van der Waals surface area contributed by atoms with Gasteiger partial charge in [-0.1, -0.05) is 6.42 Å². The molecular weight excluding hydrogens is 334 g/mol. The average Bonchev–Trinajstić information content (AvgIpc) is 3.07. The molecule has 2 aliphatic rings. The normalized spacial score (nSPS) is 23.7. The van der Waals surface area contributed by atoms with E-state index in [0.717, 1.165) is 38.1 Å². The molecule has 1 heterocycles. The fourth-order valence-electron chi connectivity index (χ4n) is 3.45.